The van der Waals surface area contributed by atoms with Crippen LogP contribution in [0.25, 0.3) is 11.1 Å². The number of aromatic nitrogens is 1. The summed E-state index contributed by atoms with van der Waals surface area (Å²) in [5.74, 6) is 0.960. The number of nitrogens with zero attached hydrogens (tertiary/aromatic N) is 2. The van der Waals surface area contributed by atoms with Crippen molar-refractivity contribution in [3.05, 3.63) is 47.8 Å². The minimum atomic E-state index is 0.603. The van der Waals surface area contributed by atoms with E-state index in [0.717, 1.165) is 29.9 Å². The molecule has 0 fully saturated rings. The third-order valence-corrected chi connectivity index (χ3v) is 2.94. The average Bonchev–Trinajstić information content (AvgIpc) is 2.85. The van der Waals surface area contributed by atoms with Gasteiger partial charge in [0.15, 0.2) is 0 Å². The van der Waals surface area contributed by atoms with Gasteiger partial charge in [0.25, 0.3) is 0 Å². The van der Waals surface area contributed by atoms with Gasteiger partial charge < -0.3 is 4.74 Å². The third-order valence-electron chi connectivity index (χ3n) is 2.94. The van der Waals surface area contributed by atoms with Gasteiger partial charge >= 0.3 is 0 Å². The molecule has 0 unspecified atom stereocenters. The van der Waals surface area contributed by atoms with Gasteiger partial charge in [0.2, 0.25) is 0 Å². The van der Waals surface area contributed by atoms with E-state index < -0.39 is 0 Å². The van der Waals surface area contributed by atoms with Crippen LogP contribution >= 0.6 is 0 Å². The summed E-state index contributed by atoms with van der Waals surface area (Å²) < 4.78 is 5.47. The lowest BCUT2D eigenvalue weighted by atomic mass is 9.99. The summed E-state index contributed by atoms with van der Waals surface area (Å²) in [5, 5.41) is 9.06. The summed E-state index contributed by atoms with van der Waals surface area (Å²) in [6, 6.07) is 10.1. The summed E-state index contributed by atoms with van der Waals surface area (Å²) in [6.45, 7) is 0.750. The highest BCUT2D eigenvalue weighted by molar-refractivity contribution is 5.71. The maximum absolute atomic E-state index is 9.06. The molecule has 0 saturated carbocycles. The van der Waals surface area contributed by atoms with Crippen LogP contribution in [-0.2, 0) is 6.42 Å². The van der Waals surface area contributed by atoms with Crippen molar-refractivity contribution in [2.75, 3.05) is 6.61 Å². The lowest BCUT2D eigenvalue weighted by Crippen LogP contribution is -1.87. The van der Waals surface area contributed by atoms with Crippen LogP contribution in [0.2, 0.25) is 0 Å². The maximum atomic E-state index is 9.06. The molecule has 3 nitrogen and oxygen atoms in total. The molecule has 0 spiro atoms. The lowest BCUT2D eigenvalue weighted by molar-refractivity contribution is 0.357. The van der Waals surface area contributed by atoms with Crippen LogP contribution in [0.4, 0.5) is 0 Å². The highest BCUT2D eigenvalue weighted by Crippen LogP contribution is 2.31. The Morgan fingerprint density at radius 1 is 1.29 bits per heavy atom. The van der Waals surface area contributed by atoms with Gasteiger partial charge in [0, 0.05) is 24.4 Å². The zero-order valence-corrected chi connectivity index (χ0v) is 9.18. The summed E-state index contributed by atoms with van der Waals surface area (Å²) >= 11 is 0. The first-order valence-corrected chi connectivity index (χ1v) is 5.49. The highest BCUT2D eigenvalue weighted by Gasteiger charge is 2.13. The van der Waals surface area contributed by atoms with Gasteiger partial charge in [0.1, 0.15) is 11.8 Å². The van der Waals surface area contributed by atoms with E-state index in [-0.39, 0.29) is 0 Å². The van der Waals surface area contributed by atoms with Crippen molar-refractivity contribution in [1.82, 2.24) is 4.98 Å². The molecule has 0 bridgehead atoms. The number of ether oxygens (including phenoxy) is 1. The molecule has 17 heavy (non-hydrogen) atoms. The molecule has 82 valence electrons. The molecule has 3 heteroatoms. The number of rotatable bonds is 1. The van der Waals surface area contributed by atoms with Crippen LogP contribution in [-0.4, -0.2) is 11.6 Å². The predicted octanol–water partition coefficient (Wildman–Crippen LogP) is 2.56. The zero-order chi connectivity index (χ0) is 11.7. The number of hydrogen-bond acceptors (Lipinski definition) is 3. The second-order valence-electron chi connectivity index (χ2n) is 3.95. The van der Waals surface area contributed by atoms with E-state index in [0.29, 0.717) is 5.56 Å². The first-order valence-electron chi connectivity index (χ1n) is 5.49. The fourth-order valence-electron chi connectivity index (χ4n) is 2.09. The van der Waals surface area contributed by atoms with Crippen LogP contribution in [0.5, 0.6) is 5.75 Å². The van der Waals surface area contributed by atoms with Gasteiger partial charge in [-0.2, -0.15) is 5.26 Å². The van der Waals surface area contributed by atoms with Crippen LogP contribution < -0.4 is 4.74 Å². The molecule has 2 heterocycles. The van der Waals surface area contributed by atoms with Crippen molar-refractivity contribution in [3.8, 4) is 22.9 Å². The van der Waals surface area contributed by atoms with Crippen LogP contribution in [0.1, 0.15) is 11.1 Å². The molecule has 0 atom stereocenters. The third kappa shape index (κ3) is 1.64. The Morgan fingerprint density at radius 2 is 2.24 bits per heavy atom. The quantitative estimate of drug-likeness (QED) is 0.744. The molecule has 1 aromatic carbocycles. The first kappa shape index (κ1) is 9.86. The fourth-order valence-corrected chi connectivity index (χ4v) is 2.09. The second-order valence-corrected chi connectivity index (χ2v) is 3.95. The summed E-state index contributed by atoms with van der Waals surface area (Å²) in [7, 11) is 0. The van der Waals surface area contributed by atoms with Crippen molar-refractivity contribution in [3.63, 3.8) is 0 Å². The Bertz CT molecular complexity index is 614. The normalized spacial score (nSPS) is 12.6. The topological polar surface area (TPSA) is 45.9 Å². The molecular weight excluding hydrogens is 212 g/mol. The SMILES string of the molecule is N#Cc1cnccc1-c1ccc2c(c1)CCO2. The monoisotopic (exact) mass is 222 g/mol. The van der Waals surface area contributed by atoms with Gasteiger partial charge in [0.05, 0.1) is 12.2 Å². The summed E-state index contributed by atoms with van der Waals surface area (Å²) in [4.78, 5) is 3.97. The minimum Gasteiger partial charge on any atom is -0.493 e. The zero-order valence-electron chi connectivity index (χ0n) is 9.18. The Hall–Kier alpha value is -2.34. The van der Waals surface area contributed by atoms with Crippen molar-refractivity contribution in [2.45, 2.75) is 6.42 Å². The molecule has 1 aromatic heterocycles. The molecule has 0 aliphatic carbocycles. The minimum absolute atomic E-state index is 0.603. The van der Waals surface area contributed by atoms with Crippen molar-refractivity contribution in [2.24, 2.45) is 0 Å². The molecule has 0 radical (unpaired) electrons. The summed E-state index contributed by atoms with van der Waals surface area (Å²) in [6.07, 6.45) is 4.25. The maximum Gasteiger partial charge on any atom is 0.122 e. The number of pyridine rings is 1. The summed E-state index contributed by atoms with van der Waals surface area (Å²) in [5.41, 5.74) is 3.79. The number of fused-ring (bicyclic) bond motifs is 1. The molecule has 2 aromatic rings. The number of benzene rings is 1. The Kier molecular flexibility index (Phi) is 2.27. The van der Waals surface area contributed by atoms with Gasteiger partial charge in [-0.25, -0.2) is 0 Å². The Morgan fingerprint density at radius 3 is 3.12 bits per heavy atom. The van der Waals surface area contributed by atoms with E-state index >= 15 is 0 Å². The van der Waals surface area contributed by atoms with E-state index in [4.69, 9.17) is 10.00 Å². The molecule has 1 aliphatic rings. The van der Waals surface area contributed by atoms with Crippen LogP contribution in [0.15, 0.2) is 36.7 Å². The Labute approximate surface area is 99.3 Å². The molecule has 0 N–H and O–H groups in total. The second kappa shape index (κ2) is 3.91. The molecule has 0 amide bonds. The van der Waals surface area contributed by atoms with Gasteiger partial charge in [-0.1, -0.05) is 6.07 Å². The van der Waals surface area contributed by atoms with Crippen molar-refractivity contribution in [1.29, 1.82) is 5.26 Å². The van der Waals surface area contributed by atoms with E-state index in [1.165, 1.54) is 5.56 Å². The van der Waals surface area contributed by atoms with Gasteiger partial charge in [-0.15, -0.1) is 0 Å². The largest absolute Gasteiger partial charge is 0.493 e. The van der Waals surface area contributed by atoms with Gasteiger partial charge in [-0.05, 0) is 29.3 Å². The van der Waals surface area contributed by atoms with E-state index in [1.807, 2.05) is 18.2 Å². The highest BCUT2D eigenvalue weighted by atomic mass is 16.5. The lowest BCUT2D eigenvalue weighted by Gasteiger charge is -2.05. The molecule has 0 saturated heterocycles. The first-order chi connectivity index (χ1) is 8.38. The standard InChI is InChI=1S/C14H10N2O/c15-8-12-9-16-5-3-13(12)10-1-2-14-11(7-10)4-6-17-14/h1-3,5,7,9H,4,6H2. The van der Waals surface area contributed by atoms with E-state index in [1.54, 1.807) is 12.4 Å². The molecule has 1 aliphatic heterocycles. The van der Waals surface area contributed by atoms with Crippen molar-refractivity contribution >= 4 is 0 Å². The molecule has 3 rings (SSSR count). The van der Waals surface area contributed by atoms with Crippen LogP contribution in [0.3, 0.4) is 0 Å². The van der Waals surface area contributed by atoms with Crippen LogP contribution in [0, 0.1) is 11.3 Å². The average molecular weight is 222 g/mol. The van der Waals surface area contributed by atoms with E-state index in [2.05, 4.69) is 17.1 Å². The fraction of sp³-hybridized carbons (Fsp3) is 0.143. The van der Waals surface area contributed by atoms with Crippen molar-refractivity contribution < 1.29 is 4.74 Å². The van der Waals surface area contributed by atoms with E-state index in [9.17, 15) is 0 Å². The predicted molar refractivity (Wildman–Crippen MR) is 63.6 cm³/mol. The number of hydrogen-bond donors (Lipinski definition) is 0. The Balaban J connectivity index is 2.13. The van der Waals surface area contributed by atoms with Gasteiger partial charge in [-0.3, -0.25) is 4.98 Å². The number of nitriles is 1. The smallest absolute Gasteiger partial charge is 0.122 e. The molecular formula is C14H10N2O.